The van der Waals surface area contributed by atoms with Gasteiger partial charge in [-0.1, -0.05) is 0 Å². The molecular weight excluding hydrogens is 360 g/mol. The number of pyridine rings is 1. The lowest BCUT2D eigenvalue weighted by Crippen LogP contribution is -2.49. The largest absolute Gasteiger partial charge is 0.353 e. The summed E-state index contributed by atoms with van der Waals surface area (Å²) >= 11 is 3.39. The quantitative estimate of drug-likeness (QED) is 0.863. The van der Waals surface area contributed by atoms with Crippen molar-refractivity contribution < 1.29 is 4.79 Å². The zero-order valence-electron chi connectivity index (χ0n) is 12.6. The Hall–Kier alpha value is -2.40. The van der Waals surface area contributed by atoms with E-state index in [1.165, 1.54) is 0 Å². The van der Waals surface area contributed by atoms with Gasteiger partial charge in [0.25, 0.3) is 5.91 Å². The first-order valence-corrected chi connectivity index (χ1v) is 8.00. The Labute approximate surface area is 142 Å². The van der Waals surface area contributed by atoms with Crippen LogP contribution in [0.15, 0.2) is 22.8 Å². The van der Waals surface area contributed by atoms with Gasteiger partial charge in [-0.3, -0.25) is 9.89 Å². The molecule has 0 spiro atoms. The van der Waals surface area contributed by atoms with Gasteiger partial charge >= 0.3 is 0 Å². The number of nitriles is 1. The molecule has 2 aromatic heterocycles. The first-order valence-electron chi connectivity index (χ1n) is 7.21. The Kier molecular flexibility index (Phi) is 4.30. The number of nitrogens with zero attached hydrogens (tertiary/aromatic N) is 5. The van der Waals surface area contributed by atoms with Crippen LogP contribution in [0.25, 0.3) is 0 Å². The fourth-order valence-electron chi connectivity index (χ4n) is 2.51. The van der Waals surface area contributed by atoms with Gasteiger partial charge in [0.1, 0.15) is 5.82 Å². The molecule has 23 heavy (non-hydrogen) atoms. The fourth-order valence-corrected chi connectivity index (χ4v) is 2.85. The van der Waals surface area contributed by atoms with E-state index in [1.54, 1.807) is 23.2 Å². The molecule has 0 aromatic carbocycles. The van der Waals surface area contributed by atoms with Crippen molar-refractivity contribution >= 4 is 27.7 Å². The van der Waals surface area contributed by atoms with E-state index in [0.717, 1.165) is 11.5 Å². The lowest BCUT2D eigenvalue weighted by molar-refractivity contribution is 0.0739. The topological polar surface area (TPSA) is 88.9 Å². The number of piperazine rings is 1. The fraction of sp³-hybridized carbons (Fsp3) is 0.333. The second-order valence-electron chi connectivity index (χ2n) is 5.30. The summed E-state index contributed by atoms with van der Waals surface area (Å²) in [4.78, 5) is 20.7. The zero-order valence-corrected chi connectivity index (χ0v) is 14.2. The second kappa shape index (κ2) is 6.38. The van der Waals surface area contributed by atoms with Gasteiger partial charge in [-0.15, -0.1) is 0 Å². The van der Waals surface area contributed by atoms with Crippen molar-refractivity contribution in [1.82, 2.24) is 20.1 Å². The second-order valence-corrected chi connectivity index (χ2v) is 6.10. The number of H-pyrrole nitrogens is 1. The van der Waals surface area contributed by atoms with Crippen LogP contribution in [0.2, 0.25) is 0 Å². The molecule has 1 amide bonds. The highest BCUT2D eigenvalue weighted by atomic mass is 79.9. The monoisotopic (exact) mass is 374 g/mol. The maximum atomic E-state index is 12.5. The van der Waals surface area contributed by atoms with Crippen molar-refractivity contribution in [2.45, 2.75) is 6.92 Å². The van der Waals surface area contributed by atoms with E-state index in [0.29, 0.717) is 41.9 Å². The molecule has 1 fully saturated rings. The number of carbonyl (C=O) groups excluding carboxylic acids is 1. The van der Waals surface area contributed by atoms with Crippen LogP contribution in [-0.2, 0) is 0 Å². The summed E-state index contributed by atoms with van der Waals surface area (Å²) in [6, 6.07) is 5.57. The minimum Gasteiger partial charge on any atom is -0.353 e. The van der Waals surface area contributed by atoms with Crippen molar-refractivity contribution in [3.05, 3.63) is 39.8 Å². The van der Waals surface area contributed by atoms with Gasteiger partial charge in [0.05, 0.1) is 16.1 Å². The lowest BCUT2D eigenvalue weighted by atomic mass is 10.2. The van der Waals surface area contributed by atoms with E-state index in [4.69, 9.17) is 5.26 Å². The number of aromatic nitrogens is 3. The molecule has 118 valence electrons. The van der Waals surface area contributed by atoms with Gasteiger partial charge in [0, 0.05) is 38.1 Å². The zero-order chi connectivity index (χ0) is 16.4. The first-order chi connectivity index (χ1) is 11.1. The molecule has 1 N–H and O–H groups in total. The highest BCUT2D eigenvalue weighted by Gasteiger charge is 2.26. The minimum atomic E-state index is -0.0837. The number of halogens is 1. The number of aromatic amines is 1. The summed E-state index contributed by atoms with van der Waals surface area (Å²) < 4.78 is 0.716. The van der Waals surface area contributed by atoms with Crippen LogP contribution in [0.5, 0.6) is 0 Å². The summed E-state index contributed by atoms with van der Waals surface area (Å²) in [7, 11) is 0. The third-order valence-electron chi connectivity index (χ3n) is 3.84. The third-order valence-corrected chi connectivity index (χ3v) is 4.81. The van der Waals surface area contributed by atoms with Gasteiger partial charge in [-0.05, 0) is 35.0 Å². The van der Waals surface area contributed by atoms with Gasteiger partial charge in [-0.25, -0.2) is 4.98 Å². The standard InChI is InChI=1S/C15H15BrN6O/c1-10-13(16)14(20-19-10)15(23)22-6-4-21(5-7-22)12-8-11(9-17)2-3-18-12/h2-3,8H,4-7H2,1H3,(H,19,20). The van der Waals surface area contributed by atoms with Crippen LogP contribution in [-0.4, -0.2) is 52.2 Å². The van der Waals surface area contributed by atoms with Crippen LogP contribution in [0.3, 0.4) is 0 Å². The smallest absolute Gasteiger partial charge is 0.275 e. The Morgan fingerprint density at radius 3 is 2.74 bits per heavy atom. The molecule has 0 aliphatic carbocycles. The normalized spacial score (nSPS) is 14.7. The molecule has 2 aromatic rings. The summed E-state index contributed by atoms with van der Waals surface area (Å²) in [5, 5.41) is 15.8. The molecule has 1 aliphatic heterocycles. The number of nitrogens with one attached hydrogen (secondary N) is 1. The lowest BCUT2D eigenvalue weighted by Gasteiger charge is -2.35. The van der Waals surface area contributed by atoms with E-state index in [1.807, 2.05) is 6.92 Å². The van der Waals surface area contributed by atoms with Crippen LogP contribution >= 0.6 is 15.9 Å². The van der Waals surface area contributed by atoms with Crippen molar-refractivity contribution in [2.24, 2.45) is 0 Å². The molecule has 3 heterocycles. The maximum absolute atomic E-state index is 12.5. The molecular formula is C15H15BrN6O. The average Bonchev–Trinajstić information content (AvgIpc) is 2.93. The molecule has 1 aliphatic rings. The third kappa shape index (κ3) is 3.05. The number of rotatable bonds is 2. The SMILES string of the molecule is Cc1[nH]nc(C(=O)N2CCN(c3cc(C#N)ccn3)CC2)c1Br. The van der Waals surface area contributed by atoms with Crippen molar-refractivity contribution in [3.8, 4) is 6.07 Å². The van der Waals surface area contributed by atoms with Crippen LogP contribution in [0.4, 0.5) is 5.82 Å². The Bertz CT molecular complexity index is 773. The Morgan fingerprint density at radius 2 is 2.13 bits per heavy atom. The van der Waals surface area contributed by atoms with Crippen LogP contribution in [0.1, 0.15) is 21.7 Å². The average molecular weight is 375 g/mol. The molecule has 8 heteroatoms. The number of anilines is 1. The molecule has 0 radical (unpaired) electrons. The van der Waals surface area contributed by atoms with E-state index in [9.17, 15) is 4.79 Å². The summed E-state index contributed by atoms with van der Waals surface area (Å²) in [6.45, 7) is 4.40. The summed E-state index contributed by atoms with van der Waals surface area (Å²) in [5.74, 6) is 0.688. The predicted octanol–water partition coefficient (Wildman–Crippen LogP) is 1.71. The van der Waals surface area contributed by atoms with E-state index >= 15 is 0 Å². The van der Waals surface area contributed by atoms with E-state index < -0.39 is 0 Å². The molecule has 1 saturated heterocycles. The maximum Gasteiger partial charge on any atom is 0.275 e. The number of amides is 1. The van der Waals surface area contributed by atoms with E-state index in [-0.39, 0.29) is 5.91 Å². The highest BCUT2D eigenvalue weighted by Crippen LogP contribution is 2.21. The molecule has 0 atom stereocenters. The van der Waals surface area contributed by atoms with Gasteiger partial charge in [0.15, 0.2) is 5.69 Å². The number of hydrogen-bond donors (Lipinski definition) is 1. The minimum absolute atomic E-state index is 0.0837. The predicted molar refractivity (Wildman–Crippen MR) is 88.1 cm³/mol. The number of hydrogen-bond acceptors (Lipinski definition) is 5. The number of aryl methyl sites for hydroxylation is 1. The number of carbonyl (C=O) groups is 1. The van der Waals surface area contributed by atoms with Crippen molar-refractivity contribution in [3.63, 3.8) is 0 Å². The highest BCUT2D eigenvalue weighted by molar-refractivity contribution is 9.10. The molecule has 0 bridgehead atoms. The van der Waals surface area contributed by atoms with Gasteiger partial charge in [0.2, 0.25) is 0 Å². The van der Waals surface area contributed by atoms with Gasteiger partial charge < -0.3 is 9.80 Å². The summed E-state index contributed by atoms with van der Waals surface area (Å²) in [6.07, 6.45) is 1.63. The Morgan fingerprint density at radius 1 is 1.39 bits per heavy atom. The van der Waals surface area contributed by atoms with Crippen molar-refractivity contribution in [2.75, 3.05) is 31.1 Å². The van der Waals surface area contributed by atoms with Crippen LogP contribution in [0, 0.1) is 18.3 Å². The van der Waals surface area contributed by atoms with Gasteiger partial charge in [-0.2, -0.15) is 10.4 Å². The first kappa shape index (κ1) is 15.5. The molecule has 7 nitrogen and oxygen atoms in total. The molecule has 3 rings (SSSR count). The van der Waals surface area contributed by atoms with E-state index in [2.05, 4.69) is 42.1 Å². The van der Waals surface area contributed by atoms with Crippen LogP contribution < -0.4 is 4.90 Å². The summed E-state index contributed by atoms with van der Waals surface area (Å²) in [5.41, 5.74) is 1.84. The molecule has 0 unspecified atom stereocenters. The van der Waals surface area contributed by atoms with Crippen molar-refractivity contribution in [1.29, 1.82) is 5.26 Å². The Balaban J connectivity index is 1.67. The molecule has 0 saturated carbocycles.